The van der Waals surface area contributed by atoms with E-state index in [0.717, 1.165) is 5.56 Å². The van der Waals surface area contributed by atoms with Crippen LogP contribution in [0.25, 0.3) is 0 Å². The first-order valence-electron chi connectivity index (χ1n) is 4.87. The second-order valence-electron chi connectivity index (χ2n) is 3.66. The molecule has 0 spiro atoms. The molecule has 1 aromatic rings. The van der Waals surface area contributed by atoms with Crippen LogP contribution in [0.5, 0.6) is 0 Å². The van der Waals surface area contributed by atoms with Gasteiger partial charge in [0.05, 0.1) is 12.2 Å². The Morgan fingerprint density at radius 1 is 1.21 bits per heavy atom. The van der Waals surface area contributed by atoms with Gasteiger partial charge in [0.15, 0.2) is 0 Å². The Hall–Kier alpha value is -1.12. The summed E-state index contributed by atoms with van der Waals surface area (Å²) < 4.78 is 0. The van der Waals surface area contributed by atoms with Gasteiger partial charge in [0.25, 0.3) is 0 Å². The minimum atomic E-state index is -0.593. The highest BCUT2D eigenvalue weighted by molar-refractivity contribution is 5.21. The number of benzene rings is 1. The minimum absolute atomic E-state index is 0.155. The Morgan fingerprint density at radius 2 is 1.93 bits per heavy atom. The van der Waals surface area contributed by atoms with Crippen molar-refractivity contribution in [3.8, 4) is 0 Å². The molecule has 3 unspecified atom stereocenters. The molecule has 14 heavy (non-hydrogen) atoms. The largest absolute Gasteiger partial charge is 0.392 e. The van der Waals surface area contributed by atoms with Gasteiger partial charge in [-0.3, -0.25) is 0 Å². The summed E-state index contributed by atoms with van der Waals surface area (Å²) in [7, 11) is 0. The zero-order valence-electron chi connectivity index (χ0n) is 7.88. The molecule has 2 rings (SSSR count). The molecule has 0 bridgehead atoms. The third-order valence-electron chi connectivity index (χ3n) is 2.69. The van der Waals surface area contributed by atoms with Gasteiger partial charge in [-0.15, -0.1) is 0 Å². The van der Waals surface area contributed by atoms with E-state index in [1.54, 1.807) is 0 Å². The van der Waals surface area contributed by atoms with E-state index in [4.69, 9.17) is 0 Å². The van der Waals surface area contributed by atoms with Crippen molar-refractivity contribution in [3.63, 3.8) is 0 Å². The average molecular weight is 190 g/mol. The number of rotatable bonds is 2. The first-order valence-corrected chi connectivity index (χ1v) is 4.87. The third-order valence-corrected chi connectivity index (χ3v) is 2.69. The standard InChI is InChI=1S/C12H14O2/c13-11-8-4-7-10(11)12(14)9-5-2-1-3-6-9/h1-7,10-14H,8H2. The summed E-state index contributed by atoms with van der Waals surface area (Å²) in [5.74, 6) is -0.155. The van der Waals surface area contributed by atoms with Gasteiger partial charge in [-0.25, -0.2) is 0 Å². The molecule has 0 fully saturated rings. The lowest BCUT2D eigenvalue weighted by atomic mass is 9.93. The molecule has 1 aromatic carbocycles. The molecular formula is C12H14O2. The van der Waals surface area contributed by atoms with Gasteiger partial charge >= 0.3 is 0 Å². The van der Waals surface area contributed by atoms with Crippen molar-refractivity contribution in [3.05, 3.63) is 48.0 Å². The lowest BCUT2D eigenvalue weighted by Crippen LogP contribution is -2.21. The van der Waals surface area contributed by atoms with Crippen LogP contribution in [0.15, 0.2) is 42.5 Å². The van der Waals surface area contributed by atoms with Gasteiger partial charge in [0, 0.05) is 5.92 Å². The smallest absolute Gasteiger partial charge is 0.0877 e. The summed E-state index contributed by atoms with van der Waals surface area (Å²) in [5.41, 5.74) is 0.864. The topological polar surface area (TPSA) is 40.5 Å². The Labute approximate surface area is 83.5 Å². The SMILES string of the molecule is OC1CC=CC1C(O)c1ccccc1. The van der Waals surface area contributed by atoms with Gasteiger partial charge in [-0.05, 0) is 12.0 Å². The van der Waals surface area contributed by atoms with Crippen LogP contribution >= 0.6 is 0 Å². The van der Waals surface area contributed by atoms with Crippen molar-refractivity contribution in [2.24, 2.45) is 5.92 Å². The van der Waals surface area contributed by atoms with Gasteiger partial charge < -0.3 is 10.2 Å². The predicted octanol–water partition coefficient (Wildman–Crippen LogP) is 1.66. The molecule has 1 aliphatic rings. The Kier molecular flexibility index (Phi) is 2.66. The number of aliphatic hydroxyl groups is 2. The quantitative estimate of drug-likeness (QED) is 0.696. The van der Waals surface area contributed by atoms with Crippen molar-refractivity contribution < 1.29 is 10.2 Å². The van der Waals surface area contributed by atoms with Crippen molar-refractivity contribution in [2.75, 3.05) is 0 Å². The Balaban J connectivity index is 2.16. The van der Waals surface area contributed by atoms with Crippen LogP contribution in [-0.2, 0) is 0 Å². The van der Waals surface area contributed by atoms with Crippen LogP contribution in [0, 0.1) is 5.92 Å². The Morgan fingerprint density at radius 3 is 2.50 bits per heavy atom. The molecule has 0 radical (unpaired) electrons. The fraction of sp³-hybridized carbons (Fsp3) is 0.333. The van der Waals surface area contributed by atoms with Crippen molar-refractivity contribution in [2.45, 2.75) is 18.6 Å². The molecule has 0 amide bonds. The maximum Gasteiger partial charge on any atom is 0.0877 e. The highest BCUT2D eigenvalue weighted by atomic mass is 16.3. The van der Waals surface area contributed by atoms with E-state index in [2.05, 4.69) is 0 Å². The van der Waals surface area contributed by atoms with Crippen molar-refractivity contribution in [1.82, 2.24) is 0 Å². The van der Waals surface area contributed by atoms with E-state index in [1.165, 1.54) is 0 Å². The second-order valence-corrected chi connectivity index (χ2v) is 3.66. The van der Waals surface area contributed by atoms with E-state index in [-0.39, 0.29) is 5.92 Å². The molecule has 1 aliphatic carbocycles. The average Bonchev–Trinajstić information content (AvgIpc) is 2.65. The van der Waals surface area contributed by atoms with Crippen LogP contribution in [0.3, 0.4) is 0 Å². The van der Waals surface area contributed by atoms with E-state index < -0.39 is 12.2 Å². The molecule has 0 aliphatic heterocycles. The fourth-order valence-electron chi connectivity index (χ4n) is 1.85. The zero-order valence-corrected chi connectivity index (χ0v) is 7.88. The molecule has 0 aromatic heterocycles. The van der Waals surface area contributed by atoms with Crippen molar-refractivity contribution in [1.29, 1.82) is 0 Å². The first kappa shape index (κ1) is 9.44. The summed E-state index contributed by atoms with van der Waals surface area (Å²) in [4.78, 5) is 0. The second kappa shape index (κ2) is 3.95. The van der Waals surface area contributed by atoms with E-state index in [1.807, 2.05) is 42.5 Å². The monoisotopic (exact) mass is 190 g/mol. The summed E-state index contributed by atoms with van der Waals surface area (Å²) in [6.07, 6.45) is 3.42. The summed E-state index contributed by atoms with van der Waals surface area (Å²) >= 11 is 0. The molecule has 2 heteroatoms. The Bertz CT molecular complexity index is 318. The molecule has 2 N–H and O–H groups in total. The number of aliphatic hydroxyl groups excluding tert-OH is 2. The van der Waals surface area contributed by atoms with Crippen LogP contribution in [0.4, 0.5) is 0 Å². The molecular weight excluding hydrogens is 176 g/mol. The highest BCUT2D eigenvalue weighted by Crippen LogP contribution is 2.30. The van der Waals surface area contributed by atoms with E-state index in [0.29, 0.717) is 6.42 Å². The molecule has 3 atom stereocenters. The molecule has 0 saturated carbocycles. The van der Waals surface area contributed by atoms with E-state index in [9.17, 15) is 10.2 Å². The van der Waals surface area contributed by atoms with Gasteiger partial charge in [0.2, 0.25) is 0 Å². The maximum atomic E-state index is 9.98. The van der Waals surface area contributed by atoms with Gasteiger partial charge in [-0.1, -0.05) is 42.5 Å². The lowest BCUT2D eigenvalue weighted by molar-refractivity contribution is 0.0456. The normalized spacial score (nSPS) is 27.9. The fourth-order valence-corrected chi connectivity index (χ4v) is 1.85. The van der Waals surface area contributed by atoms with Crippen LogP contribution < -0.4 is 0 Å². The molecule has 0 saturated heterocycles. The number of hydrogen-bond donors (Lipinski definition) is 2. The lowest BCUT2D eigenvalue weighted by Gasteiger charge is -2.20. The summed E-state index contributed by atoms with van der Waals surface area (Å²) in [6, 6.07) is 9.46. The van der Waals surface area contributed by atoms with Gasteiger partial charge in [0.1, 0.15) is 0 Å². The van der Waals surface area contributed by atoms with E-state index >= 15 is 0 Å². The molecule has 2 nitrogen and oxygen atoms in total. The minimum Gasteiger partial charge on any atom is -0.392 e. The number of hydrogen-bond acceptors (Lipinski definition) is 2. The van der Waals surface area contributed by atoms with Crippen molar-refractivity contribution >= 4 is 0 Å². The molecule has 0 heterocycles. The molecule has 74 valence electrons. The summed E-state index contributed by atoms with van der Waals surface area (Å²) in [6.45, 7) is 0. The van der Waals surface area contributed by atoms with Gasteiger partial charge in [-0.2, -0.15) is 0 Å². The zero-order chi connectivity index (χ0) is 9.97. The predicted molar refractivity (Wildman–Crippen MR) is 54.7 cm³/mol. The summed E-state index contributed by atoms with van der Waals surface area (Å²) in [5, 5.41) is 19.6. The van der Waals surface area contributed by atoms with Crippen LogP contribution in [-0.4, -0.2) is 16.3 Å². The third kappa shape index (κ3) is 1.72. The van der Waals surface area contributed by atoms with Crippen LogP contribution in [0.2, 0.25) is 0 Å². The highest BCUT2D eigenvalue weighted by Gasteiger charge is 2.28. The van der Waals surface area contributed by atoms with Crippen LogP contribution in [0.1, 0.15) is 18.1 Å². The maximum absolute atomic E-state index is 9.98. The first-order chi connectivity index (χ1) is 6.79.